The molecule has 0 aliphatic carbocycles. The lowest BCUT2D eigenvalue weighted by molar-refractivity contribution is 0.0955. The van der Waals surface area contributed by atoms with Crippen molar-refractivity contribution in [2.24, 2.45) is 0 Å². The van der Waals surface area contributed by atoms with Gasteiger partial charge in [0, 0.05) is 47.0 Å². The van der Waals surface area contributed by atoms with Gasteiger partial charge in [-0.3, -0.25) is 4.79 Å². The van der Waals surface area contributed by atoms with Crippen LogP contribution in [-0.2, 0) is 13.0 Å². The van der Waals surface area contributed by atoms with Gasteiger partial charge < -0.3 is 14.6 Å². The number of nitrogens with zero attached hydrogens (tertiary/aromatic N) is 2. The molecule has 2 aromatic heterocycles. The normalized spacial score (nSPS) is 10.9. The average molecular weight is 420 g/mol. The highest BCUT2D eigenvalue weighted by Crippen LogP contribution is 2.23. The van der Waals surface area contributed by atoms with Gasteiger partial charge in [-0.15, -0.1) is 0 Å². The maximum Gasteiger partial charge on any atom is 0.253 e. The van der Waals surface area contributed by atoms with Gasteiger partial charge in [-0.25, -0.2) is 4.98 Å². The Bertz CT molecular complexity index is 1170. The van der Waals surface area contributed by atoms with E-state index in [1.807, 2.05) is 66.9 Å². The molecule has 0 fully saturated rings. The number of methoxy groups -OCH3 is 1. The van der Waals surface area contributed by atoms with E-state index >= 15 is 0 Å². The van der Waals surface area contributed by atoms with Crippen LogP contribution in [0.5, 0.6) is 5.88 Å². The molecule has 0 aliphatic heterocycles. The minimum Gasteiger partial charge on any atom is -0.481 e. The van der Waals surface area contributed by atoms with Crippen LogP contribution in [0.15, 0.2) is 73.1 Å². The molecule has 0 saturated carbocycles. The quantitative estimate of drug-likeness (QED) is 0.471. The van der Waals surface area contributed by atoms with Crippen molar-refractivity contribution in [2.75, 3.05) is 13.7 Å². The number of pyridine rings is 1. The van der Waals surface area contributed by atoms with E-state index in [0.29, 0.717) is 36.0 Å². The molecule has 0 bridgehead atoms. The minimum absolute atomic E-state index is 0.0936. The number of amides is 1. The van der Waals surface area contributed by atoms with Crippen LogP contribution >= 0.6 is 11.6 Å². The van der Waals surface area contributed by atoms with Gasteiger partial charge in [-0.1, -0.05) is 48.0 Å². The number of carbonyl (C=O) groups excluding carboxylic acids is 1. The summed E-state index contributed by atoms with van der Waals surface area (Å²) in [6.07, 6.45) is 4.25. The molecule has 5 nitrogen and oxygen atoms in total. The van der Waals surface area contributed by atoms with E-state index in [9.17, 15) is 4.79 Å². The lowest BCUT2D eigenvalue weighted by Gasteiger charge is -2.08. The Morgan fingerprint density at radius 3 is 2.70 bits per heavy atom. The molecule has 1 amide bonds. The van der Waals surface area contributed by atoms with E-state index in [1.165, 1.54) is 0 Å². The van der Waals surface area contributed by atoms with Crippen molar-refractivity contribution in [1.29, 1.82) is 0 Å². The van der Waals surface area contributed by atoms with E-state index in [1.54, 1.807) is 13.3 Å². The van der Waals surface area contributed by atoms with Crippen LogP contribution in [0, 0.1) is 0 Å². The van der Waals surface area contributed by atoms with Gasteiger partial charge in [0.2, 0.25) is 5.88 Å². The minimum atomic E-state index is -0.0936. The van der Waals surface area contributed by atoms with Crippen LogP contribution < -0.4 is 10.1 Å². The van der Waals surface area contributed by atoms with E-state index in [0.717, 1.165) is 22.0 Å². The van der Waals surface area contributed by atoms with Crippen molar-refractivity contribution in [3.05, 3.63) is 94.8 Å². The highest BCUT2D eigenvalue weighted by Gasteiger charge is 2.15. The van der Waals surface area contributed by atoms with Crippen LogP contribution in [0.1, 0.15) is 21.5 Å². The average Bonchev–Trinajstić information content (AvgIpc) is 3.14. The zero-order chi connectivity index (χ0) is 20.9. The number of benzene rings is 2. The number of hydrogen-bond acceptors (Lipinski definition) is 3. The van der Waals surface area contributed by atoms with Crippen LogP contribution in [-0.4, -0.2) is 29.1 Å². The Balaban J connectivity index is 1.52. The molecular formula is C24H22ClN3O2. The maximum atomic E-state index is 12.9. The monoisotopic (exact) mass is 419 g/mol. The molecule has 0 unspecified atom stereocenters. The molecule has 6 heteroatoms. The summed E-state index contributed by atoms with van der Waals surface area (Å²) in [7, 11) is 1.60. The molecule has 0 radical (unpaired) electrons. The number of rotatable bonds is 7. The zero-order valence-electron chi connectivity index (χ0n) is 16.6. The fourth-order valence-corrected chi connectivity index (χ4v) is 3.68. The smallest absolute Gasteiger partial charge is 0.253 e. The number of halogens is 1. The molecule has 1 N–H and O–H groups in total. The molecule has 0 saturated heterocycles. The van der Waals surface area contributed by atoms with Gasteiger partial charge in [0.1, 0.15) is 0 Å². The van der Waals surface area contributed by atoms with Crippen molar-refractivity contribution >= 4 is 28.4 Å². The molecule has 4 aromatic rings. The first kappa shape index (κ1) is 20.0. The van der Waals surface area contributed by atoms with Crippen LogP contribution in [0.25, 0.3) is 10.9 Å². The number of ether oxygens (including phenoxy) is 1. The second-order valence-corrected chi connectivity index (χ2v) is 7.43. The first-order chi connectivity index (χ1) is 14.7. The molecular weight excluding hydrogens is 398 g/mol. The number of aromatic nitrogens is 2. The SMILES string of the molecule is COc1ncccc1CCNC(=O)c1cn(Cc2ccc(Cl)cc2)c2ccccc12. The molecule has 0 spiro atoms. The van der Waals surface area contributed by atoms with Gasteiger partial charge in [-0.2, -0.15) is 0 Å². The summed E-state index contributed by atoms with van der Waals surface area (Å²) >= 11 is 6.00. The Hall–Kier alpha value is -3.31. The number of fused-ring (bicyclic) bond motifs is 1. The Labute approximate surface area is 180 Å². The molecule has 4 rings (SSSR count). The zero-order valence-corrected chi connectivity index (χ0v) is 17.4. The van der Waals surface area contributed by atoms with Crippen molar-refractivity contribution < 1.29 is 9.53 Å². The third-order valence-electron chi connectivity index (χ3n) is 5.02. The highest BCUT2D eigenvalue weighted by molar-refractivity contribution is 6.30. The molecule has 0 atom stereocenters. The van der Waals surface area contributed by atoms with E-state index in [-0.39, 0.29) is 5.91 Å². The summed E-state index contributed by atoms with van der Waals surface area (Å²) in [6.45, 7) is 1.16. The lowest BCUT2D eigenvalue weighted by atomic mass is 10.1. The fourth-order valence-electron chi connectivity index (χ4n) is 3.55. The molecule has 30 heavy (non-hydrogen) atoms. The van der Waals surface area contributed by atoms with Gasteiger partial charge in [-0.05, 0) is 36.2 Å². The number of para-hydroxylation sites is 1. The third-order valence-corrected chi connectivity index (χ3v) is 5.27. The predicted octanol–water partition coefficient (Wildman–Crippen LogP) is 4.72. The first-order valence-electron chi connectivity index (χ1n) is 9.74. The summed E-state index contributed by atoms with van der Waals surface area (Å²) in [5.41, 5.74) is 3.77. The summed E-state index contributed by atoms with van der Waals surface area (Å²) in [5, 5.41) is 4.67. The summed E-state index contributed by atoms with van der Waals surface area (Å²) in [5.74, 6) is 0.496. The Kier molecular flexibility index (Phi) is 6.00. The van der Waals surface area contributed by atoms with Crippen molar-refractivity contribution in [3.63, 3.8) is 0 Å². The fraction of sp³-hybridized carbons (Fsp3) is 0.167. The summed E-state index contributed by atoms with van der Waals surface area (Å²) in [6, 6.07) is 19.5. The van der Waals surface area contributed by atoms with Crippen molar-refractivity contribution in [3.8, 4) is 5.88 Å². The number of hydrogen-bond donors (Lipinski definition) is 1. The third kappa shape index (κ3) is 4.31. The summed E-state index contributed by atoms with van der Waals surface area (Å²) in [4.78, 5) is 17.1. The topological polar surface area (TPSA) is 56.1 Å². The van der Waals surface area contributed by atoms with Crippen LogP contribution in [0.4, 0.5) is 0 Å². The second-order valence-electron chi connectivity index (χ2n) is 6.99. The van der Waals surface area contributed by atoms with E-state index in [4.69, 9.17) is 16.3 Å². The Morgan fingerprint density at radius 2 is 1.90 bits per heavy atom. The van der Waals surface area contributed by atoms with E-state index in [2.05, 4.69) is 14.9 Å². The lowest BCUT2D eigenvalue weighted by Crippen LogP contribution is -2.25. The van der Waals surface area contributed by atoms with Crippen molar-refractivity contribution in [2.45, 2.75) is 13.0 Å². The largest absolute Gasteiger partial charge is 0.481 e. The van der Waals surface area contributed by atoms with E-state index < -0.39 is 0 Å². The highest BCUT2D eigenvalue weighted by atomic mass is 35.5. The van der Waals surface area contributed by atoms with Crippen molar-refractivity contribution in [1.82, 2.24) is 14.9 Å². The predicted molar refractivity (Wildman–Crippen MR) is 119 cm³/mol. The van der Waals surface area contributed by atoms with Crippen LogP contribution in [0.3, 0.4) is 0 Å². The van der Waals surface area contributed by atoms with Gasteiger partial charge in [0.25, 0.3) is 5.91 Å². The molecule has 2 aromatic carbocycles. The van der Waals surface area contributed by atoms with Gasteiger partial charge >= 0.3 is 0 Å². The second kappa shape index (κ2) is 9.01. The molecule has 2 heterocycles. The Morgan fingerprint density at radius 1 is 1.10 bits per heavy atom. The van der Waals surface area contributed by atoms with Crippen LogP contribution in [0.2, 0.25) is 5.02 Å². The number of carbonyl (C=O) groups is 1. The maximum absolute atomic E-state index is 12.9. The first-order valence-corrected chi connectivity index (χ1v) is 10.1. The standard InChI is InChI=1S/C24H22ClN3O2/c1-30-24-18(5-4-13-27-24)12-14-26-23(29)21-16-28(22-7-3-2-6-20(21)22)15-17-8-10-19(25)11-9-17/h2-11,13,16H,12,14-15H2,1H3,(H,26,29). The van der Waals surface area contributed by atoms with Gasteiger partial charge in [0.15, 0.2) is 0 Å². The molecule has 152 valence electrons. The summed E-state index contributed by atoms with van der Waals surface area (Å²) < 4.78 is 7.37. The number of nitrogens with one attached hydrogen (secondary N) is 1. The van der Waals surface area contributed by atoms with Gasteiger partial charge in [0.05, 0.1) is 12.7 Å². The molecule has 0 aliphatic rings.